The molecule has 0 bridgehead atoms. The van der Waals surface area contributed by atoms with Gasteiger partial charge in [-0.25, -0.2) is 4.98 Å². The minimum absolute atomic E-state index is 0.135. The molecule has 0 amide bonds. The Hall–Kier alpha value is -1.66. The molecule has 1 aromatic carbocycles. The normalized spacial score (nSPS) is 11.7. The molecule has 0 N–H and O–H groups in total. The minimum atomic E-state index is -3.49. The van der Waals surface area contributed by atoms with Crippen LogP contribution >= 0.6 is 0 Å². The monoisotopic (exact) mass is 281 g/mol. The summed E-state index contributed by atoms with van der Waals surface area (Å²) in [7, 11) is -3.49. The molecule has 5 nitrogen and oxygen atoms in total. The van der Waals surface area contributed by atoms with Crippen molar-refractivity contribution in [2.45, 2.75) is 20.5 Å². The van der Waals surface area contributed by atoms with E-state index >= 15 is 0 Å². The Labute approximate surface area is 112 Å². The Morgan fingerprint density at radius 1 is 1.32 bits per heavy atom. The van der Waals surface area contributed by atoms with Crippen LogP contribution in [-0.4, -0.2) is 19.7 Å². The molecule has 102 valence electrons. The van der Waals surface area contributed by atoms with E-state index in [9.17, 15) is 8.42 Å². The van der Waals surface area contributed by atoms with Crippen molar-refractivity contribution in [1.29, 1.82) is 0 Å². The number of aromatic nitrogens is 1. The van der Waals surface area contributed by atoms with Gasteiger partial charge in [0.15, 0.2) is 5.76 Å². The second kappa shape index (κ2) is 5.14. The maximum absolute atomic E-state index is 11.0. The van der Waals surface area contributed by atoms with E-state index in [0.29, 0.717) is 17.3 Å². The molecular formula is C13H15NO4S. The Morgan fingerprint density at radius 3 is 2.68 bits per heavy atom. The first-order chi connectivity index (χ1) is 8.85. The molecule has 0 saturated carbocycles. The van der Waals surface area contributed by atoms with E-state index in [1.807, 2.05) is 31.2 Å². The Kier molecular flexibility index (Phi) is 3.73. The van der Waals surface area contributed by atoms with E-state index < -0.39 is 10.1 Å². The van der Waals surface area contributed by atoms with E-state index in [2.05, 4.69) is 4.98 Å². The fourth-order valence-electron chi connectivity index (χ4n) is 1.62. The van der Waals surface area contributed by atoms with Crippen LogP contribution in [0.1, 0.15) is 17.0 Å². The number of hydrogen-bond acceptors (Lipinski definition) is 5. The molecule has 0 radical (unpaired) electrons. The predicted molar refractivity (Wildman–Crippen MR) is 71.0 cm³/mol. The molecule has 0 aliphatic rings. The maximum atomic E-state index is 11.0. The third-order valence-corrected chi connectivity index (χ3v) is 3.11. The van der Waals surface area contributed by atoms with E-state index in [1.165, 1.54) is 0 Å². The van der Waals surface area contributed by atoms with Crippen molar-refractivity contribution >= 4 is 10.1 Å². The quantitative estimate of drug-likeness (QED) is 0.805. The molecule has 0 unspecified atom stereocenters. The van der Waals surface area contributed by atoms with Gasteiger partial charge in [0.1, 0.15) is 6.61 Å². The zero-order valence-electron chi connectivity index (χ0n) is 11.0. The van der Waals surface area contributed by atoms with Gasteiger partial charge >= 0.3 is 0 Å². The molecule has 2 aromatic rings. The summed E-state index contributed by atoms with van der Waals surface area (Å²) in [6.45, 7) is 3.60. The number of rotatable bonds is 4. The molecule has 6 heteroatoms. The number of oxazole rings is 1. The van der Waals surface area contributed by atoms with Crippen LogP contribution < -0.4 is 0 Å². The molecule has 0 atom stereocenters. The zero-order chi connectivity index (χ0) is 14.0. The molecule has 0 spiro atoms. The molecule has 1 aromatic heterocycles. The molecule has 2 rings (SSSR count). The first-order valence-corrected chi connectivity index (χ1v) is 7.54. The smallest absolute Gasteiger partial charge is 0.264 e. The average Bonchev–Trinajstić information content (AvgIpc) is 2.67. The van der Waals surface area contributed by atoms with Crippen LogP contribution in [0.2, 0.25) is 0 Å². The second-order valence-electron chi connectivity index (χ2n) is 4.36. The summed E-state index contributed by atoms with van der Waals surface area (Å²) in [6.07, 6.45) is 1.00. The summed E-state index contributed by atoms with van der Waals surface area (Å²) in [6, 6.07) is 7.73. The standard InChI is InChI=1S/C13H15NO4S/c1-9-5-4-6-11(7-9)13-14-10(2)12(18-13)8-17-19(3,15)16/h4-7H,8H2,1-3H3. The van der Waals surface area contributed by atoms with Gasteiger partial charge in [0.05, 0.1) is 11.9 Å². The summed E-state index contributed by atoms with van der Waals surface area (Å²) in [5.41, 5.74) is 2.58. The largest absolute Gasteiger partial charge is 0.438 e. The highest BCUT2D eigenvalue weighted by molar-refractivity contribution is 7.85. The lowest BCUT2D eigenvalue weighted by Crippen LogP contribution is -2.02. The molecule has 1 heterocycles. The number of nitrogens with zero attached hydrogens (tertiary/aromatic N) is 1. The van der Waals surface area contributed by atoms with Gasteiger partial charge in [-0.3, -0.25) is 4.18 Å². The van der Waals surface area contributed by atoms with Crippen LogP contribution in [0.3, 0.4) is 0 Å². The molecule has 19 heavy (non-hydrogen) atoms. The highest BCUT2D eigenvalue weighted by Crippen LogP contribution is 2.23. The van der Waals surface area contributed by atoms with Gasteiger partial charge in [-0.15, -0.1) is 0 Å². The van der Waals surface area contributed by atoms with Crippen molar-refractivity contribution in [3.63, 3.8) is 0 Å². The van der Waals surface area contributed by atoms with Crippen LogP contribution in [0, 0.1) is 13.8 Å². The fourth-order valence-corrected chi connectivity index (χ4v) is 1.95. The predicted octanol–water partition coefficient (Wildman–Crippen LogP) is 2.43. The third kappa shape index (κ3) is 3.65. The van der Waals surface area contributed by atoms with Gasteiger partial charge in [0, 0.05) is 5.56 Å². The van der Waals surface area contributed by atoms with Gasteiger partial charge in [0.2, 0.25) is 5.89 Å². The lowest BCUT2D eigenvalue weighted by Gasteiger charge is -1.98. The lowest BCUT2D eigenvalue weighted by atomic mass is 10.1. The molecular weight excluding hydrogens is 266 g/mol. The average molecular weight is 281 g/mol. The summed E-state index contributed by atoms with van der Waals surface area (Å²) in [5.74, 6) is 0.884. The van der Waals surface area contributed by atoms with Crippen LogP contribution in [0.5, 0.6) is 0 Å². The highest BCUT2D eigenvalue weighted by Gasteiger charge is 2.13. The summed E-state index contributed by atoms with van der Waals surface area (Å²) >= 11 is 0. The second-order valence-corrected chi connectivity index (χ2v) is 6.01. The topological polar surface area (TPSA) is 69.4 Å². The molecule has 0 fully saturated rings. The van der Waals surface area contributed by atoms with E-state index in [-0.39, 0.29) is 6.61 Å². The van der Waals surface area contributed by atoms with Gasteiger partial charge in [-0.2, -0.15) is 8.42 Å². The van der Waals surface area contributed by atoms with Crippen LogP contribution in [0.15, 0.2) is 28.7 Å². The van der Waals surface area contributed by atoms with Crippen molar-refractivity contribution < 1.29 is 17.0 Å². The van der Waals surface area contributed by atoms with Crippen molar-refractivity contribution in [1.82, 2.24) is 4.98 Å². The van der Waals surface area contributed by atoms with E-state index in [0.717, 1.165) is 17.4 Å². The van der Waals surface area contributed by atoms with Crippen LogP contribution in [0.25, 0.3) is 11.5 Å². The fraction of sp³-hybridized carbons (Fsp3) is 0.308. The van der Waals surface area contributed by atoms with Crippen molar-refractivity contribution in [3.8, 4) is 11.5 Å². The van der Waals surface area contributed by atoms with Crippen LogP contribution in [-0.2, 0) is 20.9 Å². The van der Waals surface area contributed by atoms with Crippen molar-refractivity contribution in [3.05, 3.63) is 41.3 Å². The Bertz CT molecular complexity index is 688. The minimum Gasteiger partial charge on any atom is -0.438 e. The Balaban J connectivity index is 2.26. The molecule has 0 saturated heterocycles. The summed E-state index contributed by atoms with van der Waals surface area (Å²) < 4.78 is 32.2. The van der Waals surface area contributed by atoms with E-state index in [4.69, 9.17) is 8.60 Å². The number of benzene rings is 1. The first kappa shape index (κ1) is 13.8. The highest BCUT2D eigenvalue weighted by atomic mass is 32.2. The van der Waals surface area contributed by atoms with Crippen molar-refractivity contribution in [2.24, 2.45) is 0 Å². The van der Waals surface area contributed by atoms with Crippen molar-refractivity contribution in [2.75, 3.05) is 6.26 Å². The summed E-state index contributed by atoms with van der Waals surface area (Å²) in [5, 5.41) is 0. The number of hydrogen-bond donors (Lipinski definition) is 0. The number of aryl methyl sites for hydroxylation is 2. The zero-order valence-corrected chi connectivity index (χ0v) is 11.8. The maximum Gasteiger partial charge on any atom is 0.264 e. The molecule has 0 aliphatic carbocycles. The van der Waals surface area contributed by atoms with Gasteiger partial charge in [-0.1, -0.05) is 17.7 Å². The third-order valence-electron chi connectivity index (χ3n) is 2.56. The van der Waals surface area contributed by atoms with Gasteiger partial charge in [-0.05, 0) is 26.0 Å². The lowest BCUT2D eigenvalue weighted by molar-refractivity contribution is 0.277. The van der Waals surface area contributed by atoms with Gasteiger partial charge < -0.3 is 4.42 Å². The van der Waals surface area contributed by atoms with Gasteiger partial charge in [0.25, 0.3) is 10.1 Å². The van der Waals surface area contributed by atoms with E-state index in [1.54, 1.807) is 6.92 Å². The van der Waals surface area contributed by atoms with Crippen LogP contribution in [0.4, 0.5) is 0 Å². The first-order valence-electron chi connectivity index (χ1n) is 5.73. The SMILES string of the molecule is Cc1cccc(-c2nc(C)c(COS(C)(=O)=O)o2)c1. The summed E-state index contributed by atoms with van der Waals surface area (Å²) in [4.78, 5) is 4.28. The Morgan fingerprint density at radius 2 is 2.05 bits per heavy atom. The molecule has 0 aliphatic heterocycles.